The lowest BCUT2D eigenvalue weighted by atomic mass is 10.1. The molecule has 0 unspecified atom stereocenters. The number of nitrogen functional groups attached to an aromatic ring is 1. The molecular weight excluding hydrogens is 522 g/mol. The predicted octanol–water partition coefficient (Wildman–Crippen LogP) is 4.59. The fraction of sp³-hybridized carbons (Fsp3) is 0.367. The number of benzene rings is 2. The van der Waals surface area contributed by atoms with Crippen molar-refractivity contribution in [2.24, 2.45) is 0 Å². The van der Waals surface area contributed by atoms with Crippen LogP contribution in [0.4, 0.5) is 10.6 Å². The van der Waals surface area contributed by atoms with Crippen molar-refractivity contribution in [1.82, 2.24) is 30.0 Å². The Balaban J connectivity index is 1.36. The van der Waals surface area contributed by atoms with E-state index in [1.54, 1.807) is 36.3 Å². The summed E-state index contributed by atoms with van der Waals surface area (Å²) in [5.74, 6) is 0.781. The molecule has 11 heteroatoms. The van der Waals surface area contributed by atoms with E-state index in [4.69, 9.17) is 20.3 Å². The molecule has 214 valence electrons. The molecule has 0 aliphatic carbocycles. The van der Waals surface area contributed by atoms with E-state index < -0.39 is 5.60 Å². The Kier molecular flexibility index (Phi) is 7.78. The van der Waals surface area contributed by atoms with Crippen molar-refractivity contribution < 1.29 is 19.1 Å². The van der Waals surface area contributed by atoms with E-state index >= 15 is 0 Å². The number of amides is 2. The maximum absolute atomic E-state index is 12.8. The largest absolute Gasteiger partial charge is 0.497 e. The zero-order valence-corrected chi connectivity index (χ0v) is 23.8. The normalized spacial score (nSPS) is 15.5. The van der Waals surface area contributed by atoms with Gasteiger partial charge in [-0.3, -0.25) is 4.79 Å². The predicted molar refractivity (Wildman–Crippen MR) is 155 cm³/mol. The van der Waals surface area contributed by atoms with E-state index in [0.29, 0.717) is 53.5 Å². The molecule has 5 rings (SSSR count). The second kappa shape index (κ2) is 11.4. The minimum atomic E-state index is -0.568. The number of anilines is 1. The first-order valence-corrected chi connectivity index (χ1v) is 13.6. The molecule has 4 aromatic rings. The quantitative estimate of drug-likeness (QED) is 0.351. The maximum Gasteiger partial charge on any atom is 0.410 e. The molecular formula is C30H35N7O4. The average molecular weight is 558 g/mol. The van der Waals surface area contributed by atoms with Gasteiger partial charge in [0.1, 0.15) is 29.2 Å². The Hall–Kier alpha value is -4.67. The van der Waals surface area contributed by atoms with Crippen LogP contribution in [-0.2, 0) is 11.3 Å². The van der Waals surface area contributed by atoms with Gasteiger partial charge < -0.3 is 25.4 Å². The zero-order valence-electron chi connectivity index (χ0n) is 23.8. The van der Waals surface area contributed by atoms with E-state index in [9.17, 15) is 9.59 Å². The Morgan fingerprint density at radius 2 is 1.90 bits per heavy atom. The molecule has 1 fully saturated rings. The topological polar surface area (TPSA) is 137 Å². The van der Waals surface area contributed by atoms with Crippen molar-refractivity contribution in [2.75, 3.05) is 25.9 Å². The molecule has 11 nitrogen and oxygen atoms in total. The number of carbonyl (C=O) groups is 2. The fourth-order valence-electron chi connectivity index (χ4n) is 4.93. The molecule has 3 heterocycles. The van der Waals surface area contributed by atoms with Gasteiger partial charge in [-0.1, -0.05) is 30.3 Å². The van der Waals surface area contributed by atoms with Crippen LogP contribution in [0.1, 0.15) is 55.6 Å². The maximum atomic E-state index is 12.8. The number of likely N-dealkylation sites (tertiary alicyclic amines) is 1. The number of methoxy groups -OCH3 is 1. The first-order chi connectivity index (χ1) is 19.6. The van der Waals surface area contributed by atoms with Crippen molar-refractivity contribution in [1.29, 1.82) is 0 Å². The van der Waals surface area contributed by atoms with Crippen molar-refractivity contribution >= 4 is 28.9 Å². The molecule has 0 saturated carbocycles. The van der Waals surface area contributed by atoms with Gasteiger partial charge in [-0.2, -0.15) is 5.10 Å². The lowest BCUT2D eigenvalue weighted by Crippen LogP contribution is -2.43. The van der Waals surface area contributed by atoms with Crippen LogP contribution in [0.15, 0.2) is 54.9 Å². The third kappa shape index (κ3) is 6.24. The van der Waals surface area contributed by atoms with Crippen molar-refractivity contribution in [3.8, 4) is 17.0 Å². The molecule has 1 aliphatic rings. The van der Waals surface area contributed by atoms with Crippen LogP contribution in [0, 0.1) is 0 Å². The number of ether oxygens (including phenoxy) is 2. The molecule has 0 bridgehead atoms. The van der Waals surface area contributed by atoms with Gasteiger partial charge >= 0.3 is 6.09 Å². The van der Waals surface area contributed by atoms with Gasteiger partial charge in [0.2, 0.25) is 0 Å². The highest BCUT2D eigenvalue weighted by Crippen LogP contribution is 2.34. The summed E-state index contributed by atoms with van der Waals surface area (Å²) in [7, 11) is 1.57. The molecule has 0 radical (unpaired) electrons. The summed E-state index contributed by atoms with van der Waals surface area (Å²) < 4.78 is 12.7. The Morgan fingerprint density at radius 1 is 1.12 bits per heavy atom. The number of nitrogens with two attached hydrogens (primary N) is 1. The number of carbonyl (C=O) groups excluding carboxylic acids is 2. The lowest BCUT2D eigenvalue weighted by Gasteiger charge is -2.34. The minimum absolute atomic E-state index is 0.0899. The number of aromatic nitrogens is 4. The van der Waals surface area contributed by atoms with Crippen LogP contribution in [0.2, 0.25) is 0 Å². The standard InChI is InChI=1S/C30H35N7O4/c1-30(2,3)41-29(39)36-14-6-8-22(17-36)37-27-24(26(31)33-18-34-27)25(35-37)20-12-10-19(11-13-20)16-32-28(38)21-7-5-9-23(15-21)40-4/h5,7,9-13,15,18,22H,6,8,14,16-17H2,1-4H3,(H,32,38)(H2,31,33,34)/t22-/m1/s1. The van der Waals surface area contributed by atoms with E-state index in [0.717, 1.165) is 24.0 Å². The van der Waals surface area contributed by atoms with Gasteiger partial charge in [0.25, 0.3) is 5.91 Å². The van der Waals surface area contributed by atoms with Crippen molar-refractivity contribution in [2.45, 2.75) is 51.8 Å². The molecule has 2 aromatic heterocycles. The highest BCUT2D eigenvalue weighted by Gasteiger charge is 2.31. The van der Waals surface area contributed by atoms with E-state index in [1.807, 2.05) is 49.7 Å². The summed E-state index contributed by atoms with van der Waals surface area (Å²) in [6.45, 7) is 7.03. The molecule has 41 heavy (non-hydrogen) atoms. The van der Waals surface area contributed by atoms with Gasteiger partial charge in [0.15, 0.2) is 5.65 Å². The lowest BCUT2D eigenvalue weighted by molar-refractivity contribution is 0.0169. The molecule has 1 aliphatic heterocycles. The fourth-order valence-corrected chi connectivity index (χ4v) is 4.93. The SMILES string of the molecule is COc1cccc(C(=O)NCc2ccc(-c3nn([C@@H]4CCCN(C(=O)OC(C)(C)C)C4)c4ncnc(N)c34)cc2)c1. The monoisotopic (exact) mass is 557 g/mol. The van der Waals surface area contributed by atoms with Crippen LogP contribution >= 0.6 is 0 Å². The van der Waals surface area contributed by atoms with Crippen LogP contribution in [0.5, 0.6) is 5.75 Å². The van der Waals surface area contributed by atoms with Crippen molar-refractivity contribution in [3.05, 3.63) is 66.0 Å². The Morgan fingerprint density at radius 3 is 2.63 bits per heavy atom. The number of nitrogens with one attached hydrogen (secondary N) is 1. The van der Waals surface area contributed by atoms with E-state index in [-0.39, 0.29) is 18.0 Å². The number of hydrogen-bond acceptors (Lipinski definition) is 8. The smallest absolute Gasteiger partial charge is 0.410 e. The van der Waals surface area contributed by atoms with Crippen LogP contribution in [0.25, 0.3) is 22.3 Å². The summed E-state index contributed by atoms with van der Waals surface area (Å²) >= 11 is 0. The number of nitrogens with zero attached hydrogens (tertiary/aromatic N) is 5. The molecule has 2 aromatic carbocycles. The Bertz CT molecular complexity index is 1560. The summed E-state index contributed by atoms with van der Waals surface area (Å²) in [4.78, 5) is 35.8. The number of rotatable bonds is 6. The summed E-state index contributed by atoms with van der Waals surface area (Å²) in [5.41, 5.74) is 9.35. The van der Waals surface area contributed by atoms with Gasteiger partial charge in [-0.25, -0.2) is 19.4 Å². The highest BCUT2D eigenvalue weighted by atomic mass is 16.6. The van der Waals surface area contributed by atoms with Gasteiger partial charge in [0.05, 0.1) is 18.5 Å². The van der Waals surface area contributed by atoms with Gasteiger partial charge in [0, 0.05) is 30.8 Å². The van der Waals surface area contributed by atoms with Gasteiger partial charge in [-0.15, -0.1) is 0 Å². The van der Waals surface area contributed by atoms with Crippen molar-refractivity contribution in [3.63, 3.8) is 0 Å². The molecule has 0 spiro atoms. The number of piperidine rings is 1. The Labute approximate surface area is 238 Å². The molecule has 3 N–H and O–H groups in total. The first-order valence-electron chi connectivity index (χ1n) is 13.6. The zero-order chi connectivity index (χ0) is 29.1. The highest BCUT2D eigenvalue weighted by molar-refractivity contribution is 5.98. The molecule has 1 saturated heterocycles. The molecule has 2 amide bonds. The third-order valence-electron chi connectivity index (χ3n) is 6.92. The van der Waals surface area contributed by atoms with Gasteiger partial charge in [-0.05, 0) is 57.4 Å². The van der Waals surface area contributed by atoms with E-state index in [2.05, 4.69) is 15.3 Å². The third-order valence-corrected chi connectivity index (χ3v) is 6.92. The van der Waals surface area contributed by atoms with Crippen LogP contribution < -0.4 is 15.8 Å². The second-order valence-electron chi connectivity index (χ2n) is 11.1. The minimum Gasteiger partial charge on any atom is -0.497 e. The molecule has 1 atom stereocenters. The second-order valence-corrected chi connectivity index (χ2v) is 11.1. The summed E-state index contributed by atoms with van der Waals surface area (Å²) in [5, 5.41) is 8.56. The first kappa shape index (κ1) is 27.9. The van der Waals surface area contributed by atoms with E-state index in [1.165, 1.54) is 6.33 Å². The summed E-state index contributed by atoms with van der Waals surface area (Å²) in [6, 6.07) is 14.7. The summed E-state index contributed by atoms with van der Waals surface area (Å²) in [6.07, 6.45) is 2.76. The average Bonchev–Trinajstić information content (AvgIpc) is 3.36. The number of fused-ring (bicyclic) bond motifs is 1. The number of hydrogen-bond donors (Lipinski definition) is 2. The van der Waals surface area contributed by atoms with Crippen LogP contribution in [-0.4, -0.2) is 62.4 Å². The van der Waals surface area contributed by atoms with Crippen LogP contribution in [0.3, 0.4) is 0 Å².